The number of carbonyl (C=O) groups is 2. The van der Waals surface area contributed by atoms with Crippen molar-refractivity contribution >= 4 is 50.7 Å². The highest BCUT2D eigenvalue weighted by Crippen LogP contribution is 2.31. The Kier molecular flexibility index (Phi) is 11.5. The van der Waals surface area contributed by atoms with Gasteiger partial charge in [0.1, 0.15) is 12.6 Å². The van der Waals surface area contributed by atoms with E-state index in [0.717, 1.165) is 47.5 Å². The maximum atomic E-state index is 14.2. The number of nitrogens with one attached hydrogen (secondary N) is 1. The minimum atomic E-state index is -4.19. The van der Waals surface area contributed by atoms with Crippen molar-refractivity contribution < 1.29 is 18.0 Å². The van der Waals surface area contributed by atoms with Crippen LogP contribution in [0.25, 0.3) is 0 Å². The SMILES string of the molecule is CCC(C(=O)NC1CCCCC1)N(CCc1ccccc1)C(=O)CN(c1ccc(Cl)c(Cl)c1)S(=O)(=O)c1ccc(C)cc1. The third-order valence-electron chi connectivity index (χ3n) is 7.90. The van der Waals surface area contributed by atoms with E-state index in [-0.39, 0.29) is 39.1 Å². The molecule has 0 bridgehead atoms. The second-order valence-corrected chi connectivity index (χ2v) is 13.7. The van der Waals surface area contributed by atoms with Crippen LogP contribution in [0.5, 0.6) is 0 Å². The third-order valence-corrected chi connectivity index (χ3v) is 10.4. The number of anilines is 1. The van der Waals surface area contributed by atoms with Crippen molar-refractivity contribution in [2.75, 3.05) is 17.4 Å². The molecule has 1 aliphatic carbocycles. The second-order valence-electron chi connectivity index (χ2n) is 11.0. The lowest BCUT2D eigenvalue weighted by molar-refractivity contribution is -0.140. The molecule has 3 aromatic rings. The van der Waals surface area contributed by atoms with Crippen molar-refractivity contribution in [2.45, 2.75) is 75.8 Å². The lowest BCUT2D eigenvalue weighted by Crippen LogP contribution is -2.54. The summed E-state index contributed by atoms with van der Waals surface area (Å²) in [6.07, 6.45) is 6.01. The number of carbonyl (C=O) groups excluding carboxylic acids is 2. The highest BCUT2D eigenvalue weighted by Gasteiger charge is 2.34. The summed E-state index contributed by atoms with van der Waals surface area (Å²) in [4.78, 5) is 29.4. The number of sulfonamides is 1. The van der Waals surface area contributed by atoms with Gasteiger partial charge in [-0.3, -0.25) is 13.9 Å². The molecule has 1 atom stereocenters. The molecule has 1 unspecified atom stereocenters. The van der Waals surface area contributed by atoms with Gasteiger partial charge < -0.3 is 10.2 Å². The van der Waals surface area contributed by atoms with Crippen LogP contribution in [-0.4, -0.2) is 50.3 Å². The molecule has 10 heteroatoms. The monoisotopic (exact) mass is 643 g/mol. The summed E-state index contributed by atoms with van der Waals surface area (Å²) < 4.78 is 29.1. The molecule has 1 aliphatic rings. The minimum absolute atomic E-state index is 0.0369. The van der Waals surface area contributed by atoms with Crippen molar-refractivity contribution in [3.8, 4) is 0 Å². The molecule has 4 rings (SSSR count). The van der Waals surface area contributed by atoms with E-state index in [2.05, 4.69) is 5.32 Å². The Morgan fingerprint density at radius 1 is 0.930 bits per heavy atom. The number of benzene rings is 3. The van der Waals surface area contributed by atoms with Gasteiger partial charge in [0.2, 0.25) is 11.8 Å². The number of hydrogen-bond donors (Lipinski definition) is 1. The normalized spacial score (nSPS) is 14.6. The summed E-state index contributed by atoms with van der Waals surface area (Å²) in [7, 11) is -4.19. The summed E-state index contributed by atoms with van der Waals surface area (Å²) in [5, 5.41) is 3.59. The smallest absolute Gasteiger partial charge is 0.264 e. The predicted octanol–water partition coefficient (Wildman–Crippen LogP) is 6.80. The Morgan fingerprint density at radius 3 is 2.23 bits per heavy atom. The van der Waals surface area contributed by atoms with Crippen LogP contribution < -0.4 is 9.62 Å². The minimum Gasteiger partial charge on any atom is -0.352 e. The standard InChI is InChI=1S/C33H39Cl2N3O4S/c1-3-31(33(40)36-26-12-8-5-9-13-26)37(21-20-25-10-6-4-7-11-25)32(39)23-38(27-16-19-29(34)30(35)22-27)43(41,42)28-17-14-24(2)15-18-28/h4,6-7,10-11,14-19,22,26,31H,3,5,8-9,12-13,20-21,23H2,1-2H3,(H,36,40). The Bertz CT molecular complexity index is 1490. The fraction of sp³-hybridized carbons (Fsp3) is 0.394. The highest BCUT2D eigenvalue weighted by atomic mass is 35.5. The molecular formula is C33H39Cl2N3O4S. The Balaban J connectivity index is 1.68. The van der Waals surface area contributed by atoms with Gasteiger partial charge in [-0.05, 0) is 68.5 Å². The van der Waals surface area contributed by atoms with E-state index < -0.39 is 28.5 Å². The van der Waals surface area contributed by atoms with Crippen LogP contribution in [0.4, 0.5) is 5.69 Å². The maximum Gasteiger partial charge on any atom is 0.264 e. The Labute approximate surface area is 265 Å². The average molecular weight is 645 g/mol. The molecule has 0 heterocycles. The van der Waals surface area contributed by atoms with Gasteiger partial charge >= 0.3 is 0 Å². The van der Waals surface area contributed by atoms with Crippen molar-refractivity contribution in [1.29, 1.82) is 0 Å². The molecule has 0 saturated heterocycles. The molecule has 2 amide bonds. The lowest BCUT2D eigenvalue weighted by atomic mass is 9.95. The number of nitrogens with zero attached hydrogens (tertiary/aromatic N) is 2. The fourth-order valence-electron chi connectivity index (χ4n) is 5.45. The van der Waals surface area contributed by atoms with E-state index in [0.29, 0.717) is 12.8 Å². The van der Waals surface area contributed by atoms with Crippen LogP contribution in [0.3, 0.4) is 0 Å². The number of aryl methyl sites for hydroxylation is 1. The molecule has 0 radical (unpaired) electrons. The van der Waals surface area contributed by atoms with E-state index >= 15 is 0 Å². The van der Waals surface area contributed by atoms with Crippen molar-refractivity contribution in [2.24, 2.45) is 0 Å². The van der Waals surface area contributed by atoms with Crippen LogP contribution in [0.15, 0.2) is 77.7 Å². The first kappa shape index (κ1) is 32.8. The molecule has 0 spiro atoms. The molecular weight excluding hydrogens is 605 g/mol. The van der Waals surface area contributed by atoms with E-state index in [1.165, 1.54) is 35.2 Å². The van der Waals surface area contributed by atoms with E-state index in [1.807, 2.05) is 44.2 Å². The molecule has 0 aliphatic heterocycles. The van der Waals surface area contributed by atoms with Crippen molar-refractivity contribution in [3.05, 3.63) is 94.0 Å². The third kappa shape index (κ3) is 8.52. The molecule has 230 valence electrons. The zero-order valence-corrected chi connectivity index (χ0v) is 27.0. The van der Waals surface area contributed by atoms with Gasteiger partial charge in [0.05, 0.1) is 20.6 Å². The van der Waals surface area contributed by atoms with Gasteiger partial charge in [0.15, 0.2) is 0 Å². The number of hydrogen-bond acceptors (Lipinski definition) is 4. The number of amides is 2. The van der Waals surface area contributed by atoms with Gasteiger partial charge in [-0.25, -0.2) is 8.42 Å². The molecule has 0 aromatic heterocycles. The zero-order chi connectivity index (χ0) is 31.0. The van der Waals surface area contributed by atoms with Gasteiger partial charge in [0.25, 0.3) is 10.0 Å². The molecule has 3 aromatic carbocycles. The predicted molar refractivity (Wildman–Crippen MR) is 173 cm³/mol. The first-order valence-corrected chi connectivity index (χ1v) is 17.0. The number of rotatable bonds is 12. The van der Waals surface area contributed by atoms with Crippen LogP contribution >= 0.6 is 23.2 Å². The summed E-state index contributed by atoms with van der Waals surface area (Å²) in [5.74, 6) is -0.693. The van der Waals surface area contributed by atoms with Gasteiger partial charge in [0, 0.05) is 12.6 Å². The molecule has 43 heavy (non-hydrogen) atoms. The molecule has 1 N–H and O–H groups in total. The van der Waals surface area contributed by atoms with Crippen LogP contribution in [-0.2, 0) is 26.0 Å². The first-order chi connectivity index (χ1) is 20.6. The molecule has 7 nitrogen and oxygen atoms in total. The Morgan fingerprint density at radius 2 is 1.60 bits per heavy atom. The van der Waals surface area contributed by atoms with Crippen molar-refractivity contribution in [3.63, 3.8) is 0 Å². The highest BCUT2D eigenvalue weighted by molar-refractivity contribution is 7.92. The van der Waals surface area contributed by atoms with Crippen LogP contribution in [0.1, 0.15) is 56.6 Å². The van der Waals surface area contributed by atoms with Gasteiger partial charge in [-0.1, -0.05) is 97.4 Å². The lowest BCUT2D eigenvalue weighted by Gasteiger charge is -2.34. The van der Waals surface area contributed by atoms with Crippen molar-refractivity contribution in [1.82, 2.24) is 10.2 Å². The topological polar surface area (TPSA) is 86.8 Å². The van der Waals surface area contributed by atoms with E-state index in [4.69, 9.17) is 23.2 Å². The summed E-state index contributed by atoms with van der Waals surface area (Å²) in [6.45, 7) is 3.47. The first-order valence-electron chi connectivity index (χ1n) is 14.8. The zero-order valence-electron chi connectivity index (χ0n) is 24.6. The number of halogens is 2. The van der Waals surface area contributed by atoms with E-state index in [9.17, 15) is 18.0 Å². The Hall–Kier alpha value is -3.07. The second kappa shape index (κ2) is 15.1. The fourth-order valence-corrected chi connectivity index (χ4v) is 7.14. The quantitative estimate of drug-likeness (QED) is 0.235. The summed E-state index contributed by atoms with van der Waals surface area (Å²) in [5.41, 5.74) is 2.11. The summed E-state index contributed by atoms with van der Waals surface area (Å²) >= 11 is 12.4. The average Bonchev–Trinajstić information content (AvgIpc) is 3.00. The van der Waals surface area contributed by atoms with Crippen LogP contribution in [0, 0.1) is 6.92 Å². The maximum absolute atomic E-state index is 14.2. The molecule has 1 saturated carbocycles. The van der Waals surface area contributed by atoms with Gasteiger partial charge in [-0.15, -0.1) is 0 Å². The molecule has 1 fully saturated rings. The van der Waals surface area contributed by atoms with E-state index in [1.54, 1.807) is 12.1 Å². The van der Waals surface area contributed by atoms with Gasteiger partial charge in [-0.2, -0.15) is 0 Å². The largest absolute Gasteiger partial charge is 0.352 e. The van der Waals surface area contributed by atoms with Crippen LogP contribution in [0.2, 0.25) is 10.0 Å². The summed E-state index contributed by atoms with van der Waals surface area (Å²) in [6, 6.07) is 19.9.